The highest BCUT2D eigenvalue weighted by Crippen LogP contribution is 2.29. The first kappa shape index (κ1) is 17.8. The van der Waals surface area contributed by atoms with Crippen molar-refractivity contribution < 1.29 is 9.59 Å². The molecular weight excluding hydrogens is 358 g/mol. The fourth-order valence-corrected chi connectivity index (χ4v) is 2.83. The van der Waals surface area contributed by atoms with Gasteiger partial charge in [-0.1, -0.05) is 15.9 Å². The van der Waals surface area contributed by atoms with Gasteiger partial charge in [0.25, 0.3) is 0 Å². The molecule has 1 aliphatic rings. The lowest BCUT2D eigenvalue weighted by Gasteiger charge is -2.28. The average Bonchev–Trinajstić information content (AvgIpc) is 2.38. The minimum Gasteiger partial charge on any atom is -0.397 e. The largest absolute Gasteiger partial charge is 0.397 e. The van der Waals surface area contributed by atoms with Gasteiger partial charge in [-0.2, -0.15) is 0 Å². The Labute approximate surface area is 138 Å². The number of halogens is 2. The van der Waals surface area contributed by atoms with E-state index >= 15 is 0 Å². The lowest BCUT2D eigenvalue weighted by atomic mass is 9.95. The number of aryl methyl sites for hydroxylation is 1. The molecule has 5 nitrogen and oxygen atoms in total. The van der Waals surface area contributed by atoms with Gasteiger partial charge in [0.15, 0.2) is 0 Å². The number of hydrogen-bond donors (Lipinski definition) is 2. The van der Waals surface area contributed by atoms with E-state index in [4.69, 9.17) is 5.73 Å². The van der Waals surface area contributed by atoms with Gasteiger partial charge in [0.05, 0.1) is 11.4 Å². The molecule has 1 unspecified atom stereocenters. The number of carbonyl (C=O) groups excluding carboxylic acids is 2. The molecule has 0 aromatic heterocycles. The molecule has 1 atom stereocenters. The number of rotatable bonds is 2. The smallest absolute Gasteiger partial charge is 0.228 e. The number of anilines is 2. The molecule has 7 heteroatoms. The van der Waals surface area contributed by atoms with Crippen LogP contribution >= 0.6 is 28.3 Å². The number of benzene rings is 1. The second-order valence-electron chi connectivity index (χ2n) is 5.18. The van der Waals surface area contributed by atoms with Crippen LogP contribution < -0.4 is 11.1 Å². The standard InChI is InChI=1S/C14H18BrN3O2.ClH/c1-8-5-10(15)7-11(13(8)16)17-14(20)9-3-4-18(2)12(19)6-9;/h5,7,9H,3-4,6,16H2,1-2H3,(H,17,20);1H. The maximum Gasteiger partial charge on any atom is 0.228 e. The van der Waals surface area contributed by atoms with Crippen LogP contribution in [0.25, 0.3) is 0 Å². The molecule has 0 aliphatic carbocycles. The molecule has 1 saturated heterocycles. The van der Waals surface area contributed by atoms with Crippen molar-refractivity contribution >= 4 is 51.5 Å². The van der Waals surface area contributed by atoms with Crippen molar-refractivity contribution in [1.82, 2.24) is 4.90 Å². The van der Waals surface area contributed by atoms with Gasteiger partial charge in [-0.3, -0.25) is 9.59 Å². The molecule has 0 spiro atoms. The highest BCUT2D eigenvalue weighted by atomic mass is 79.9. The molecule has 0 bridgehead atoms. The van der Waals surface area contributed by atoms with Gasteiger partial charge in [-0.05, 0) is 31.0 Å². The van der Waals surface area contributed by atoms with E-state index in [1.165, 1.54) is 0 Å². The first-order valence-electron chi connectivity index (χ1n) is 6.49. The van der Waals surface area contributed by atoms with Crippen molar-refractivity contribution in [3.8, 4) is 0 Å². The Kier molecular flexibility index (Phi) is 6.04. The summed E-state index contributed by atoms with van der Waals surface area (Å²) in [5.41, 5.74) is 8.01. The molecule has 21 heavy (non-hydrogen) atoms. The van der Waals surface area contributed by atoms with Gasteiger partial charge in [0.2, 0.25) is 11.8 Å². The van der Waals surface area contributed by atoms with E-state index in [1.54, 1.807) is 18.0 Å². The molecular formula is C14H19BrClN3O2. The molecule has 1 fully saturated rings. The molecule has 1 heterocycles. The Morgan fingerprint density at radius 3 is 2.76 bits per heavy atom. The zero-order valence-corrected chi connectivity index (χ0v) is 14.4. The molecule has 0 saturated carbocycles. The molecule has 1 aliphatic heterocycles. The summed E-state index contributed by atoms with van der Waals surface area (Å²) in [4.78, 5) is 25.5. The molecule has 2 amide bonds. The van der Waals surface area contributed by atoms with Gasteiger partial charge in [0.1, 0.15) is 0 Å². The predicted octanol–water partition coefficient (Wildman–Crippen LogP) is 2.57. The van der Waals surface area contributed by atoms with Crippen LogP contribution in [0.1, 0.15) is 18.4 Å². The molecule has 3 N–H and O–H groups in total. The van der Waals surface area contributed by atoms with Crippen LogP contribution in [0.5, 0.6) is 0 Å². The van der Waals surface area contributed by atoms with Crippen molar-refractivity contribution in [2.24, 2.45) is 5.92 Å². The van der Waals surface area contributed by atoms with Crippen LogP contribution in [0.15, 0.2) is 16.6 Å². The minimum atomic E-state index is -0.280. The summed E-state index contributed by atoms with van der Waals surface area (Å²) in [6.07, 6.45) is 0.941. The van der Waals surface area contributed by atoms with E-state index in [2.05, 4.69) is 21.2 Å². The fourth-order valence-electron chi connectivity index (χ4n) is 2.26. The normalized spacial score (nSPS) is 18.1. The minimum absolute atomic E-state index is 0. The molecule has 0 radical (unpaired) electrons. The Morgan fingerprint density at radius 1 is 1.48 bits per heavy atom. The van der Waals surface area contributed by atoms with Gasteiger partial charge < -0.3 is 16.0 Å². The highest BCUT2D eigenvalue weighted by Gasteiger charge is 2.28. The van der Waals surface area contributed by atoms with Gasteiger partial charge in [-0.15, -0.1) is 12.4 Å². The maximum absolute atomic E-state index is 12.2. The summed E-state index contributed by atoms with van der Waals surface area (Å²) in [5, 5.41) is 2.83. The first-order chi connectivity index (χ1) is 9.38. The Morgan fingerprint density at radius 2 is 2.14 bits per heavy atom. The van der Waals surface area contributed by atoms with E-state index in [1.807, 2.05) is 13.0 Å². The van der Waals surface area contributed by atoms with E-state index < -0.39 is 0 Å². The third kappa shape index (κ3) is 4.11. The summed E-state index contributed by atoms with van der Waals surface area (Å²) in [6, 6.07) is 3.67. The number of amides is 2. The van der Waals surface area contributed by atoms with E-state index in [-0.39, 0.29) is 36.6 Å². The lowest BCUT2D eigenvalue weighted by molar-refractivity contribution is -0.137. The number of likely N-dealkylation sites (tertiary alicyclic amines) is 1. The monoisotopic (exact) mass is 375 g/mol. The SMILES string of the molecule is Cc1cc(Br)cc(NC(=O)C2CCN(C)C(=O)C2)c1N.Cl. The molecule has 2 rings (SSSR count). The Hall–Kier alpha value is -1.27. The summed E-state index contributed by atoms with van der Waals surface area (Å²) in [5.74, 6) is -0.414. The predicted molar refractivity (Wildman–Crippen MR) is 89.5 cm³/mol. The zero-order valence-electron chi connectivity index (χ0n) is 12.0. The second kappa shape index (κ2) is 7.13. The summed E-state index contributed by atoms with van der Waals surface area (Å²) in [6.45, 7) is 2.50. The van der Waals surface area contributed by atoms with Crippen LogP contribution in [0.3, 0.4) is 0 Å². The van der Waals surface area contributed by atoms with E-state index in [0.717, 1.165) is 10.0 Å². The third-order valence-electron chi connectivity index (χ3n) is 3.64. The molecule has 1 aromatic carbocycles. The van der Waals surface area contributed by atoms with Crippen LogP contribution in [0.4, 0.5) is 11.4 Å². The van der Waals surface area contributed by atoms with Crippen molar-refractivity contribution in [3.63, 3.8) is 0 Å². The number of piperidine rings is 1. The second-order valence-corrected chi connectivity index (χ2v) is 6.09. The number of nitrogens with zero attached hydrogens (tertiary/aromatic N) is 1. The van der Waals surface area contributed by atoms with Crippen molar-refractivity contribution in [1.29, 1.82) is 0 Å². The molecule has 1 aromatic rings. The third-order valence-corrected chi connectivity index (χ3v) is 4.10. The van der Waals surface area contributed by atoms with E-state index in [0.29, 0.717) is 24.3 Å². The van der Waals surface area contributed by atoms with Gasteiger partial charge >= 0.3 is 0 Å². The topological polar surface area (TPSA) is 75.4 Å². The van der Waals surface area contributed by atoms with Crippen molar-refractivity contribution in [2.75, 3.05) is 24.6 Å². The number of nitrogen functional groups attached to an aromatic ring is 1. The van der Waals surface area contributed by atoms with Gasteiger partial charge in [-0.25, -0.2) is 0 Å². The number of carbonyl (C=O) groups is 2. The molecule has 116 valence electrons. The quantitative estimate of drug-likeness (QED) is 0.779. The zero-order chi connectivity index (χ0) is 14.9. The van der Waals surface area contributed by atoms with Gasteiger partial charge in [0, 0.05) is 30.4 Å². The Bertz CT molecular complexity index is 565. The average molecular weight is 377 g/mol. The fraction of sp³-hybridized carbons (Fsp3) is 0.429. The van der Waals surface area contributed by atoms with Crippen molar-refractivity contribution in [2.45, 2.75) is 19.8 Å². The van der Waals surface area contributed by atoms with Crippen LogP contribution in [-0.2, 0) is 9.59 Å². The van der Waals surface area contributed by atoms with E-state index in [9.17, 15) is 9.59 Å². The summed E-state index contributed by atoms with van der Waals surface area (Å²) in [7, 11) is 1.76. The van der Waals surface area contributed by atoms with Crippen molar-refractivity contribution in [3.05, 3.63) is 22.2 Å². The van der Waals surface area contributed by atoms with Crippen LogP contribution in [0, 0.1) is 12.8 Å². The number of nitrogens with two attached hydrogens (primary N) is 1. The lowest BCUT2D eigenvalue weighted by Crippen LogP contribution is -2.40. The summed E-state index contributed by atoms with van der Waals surface area (Å²) >= 11 is 3.38. The van der Waals surface area contributed by atoms with Crippen LogP contribution in [0.2, 0.25) is 0 Å². The maximum atomic E-state index is 12.2. The number of nitrogens with one attached hydrogen (secondary N) is 1. The highest BCUT2D eigenvalue weighted by molar-refractivity contribution is 9.10. The first-order valence-corrected chi connectivity index (χ1v) is 7.28. The van der Waals surface area contributed by atoms with Crippen LogP contribution in [-0.4, -0.2) is 30.3 Å². The summed E-state index contributed by atoms with van der Waals surface area (Å²) < 4.78 is 0.860. The Balaban J connectivity index is 0.00000220. The number of hydrogen-bond acceptors (Lipinski definition) is 3.